The summed E-state index contributed by atoms with van der Waals surface area (Å²) in [6.45, 7) is 0. The maximum Gasteiger partial charge on any atom is 0.168 e. The fraction of sp³-hybridized carbons (Fsp3) is 0.125. The minimum Gasteiger partial charge on any atom is -0.497 e. The van der Waals surface area contributed by atoms with Gasteiger partial charge in [-0.2, -0.15) is 0 Å². The number of methoxy groups -OCH3 is 1. The van der Waals surface area contributed by atoms with Crippen LogP contribution in [0.15, 0.2) is 36.5 Å². The van der Waals surface area contributed by atoms with E-state index >= 15 is 0 Å². The highest BCUT2D eigenvalue weighted by Crippen LogP contribution is 2.34. The molecule has 6 heteroatoms. The third-order valence-electron chi connectivity index (χ3n) is 3.56. The van der Waals surface area contributed by atoms with Crippen LogP contribution in [0.3, 0.4) is 0 Å². The van der Waals surface area contributed by atoms with Gasteiger partial charge in [-0.1, -0.05) is 11.6 Å². The van der Waals surface area contributed by atoms with E-state index in [1.807, 2.05) is 35.9 Å². The summed E-state index contributed by atoms with van der Waals surface area (Å²) in [5.41, 5.74) is 2.96. The third kappa shape index (κ3) is 2.40. The molecule has 0 atom stereocenters. The van der Waals surface area contributed by atoms with Gasteiger partial charge in [0.1, 0.15) is 16.6 Å². The minimum absolute atomic E-state index is 0.417. The lowest BCUT2D eigenvalue weighted by Crippen LogP contribution is -1.98. The van der Waals surface area contributed by atoms with Crippen molar-refractivity contribution in [3.63, 3.8) is 0 Å². The molecule has 0 saturated carbocycles. The fourth-order valence-electron chi connectivity index (χ4n) is 2.43. The molecule has 0 aliphatic rings. The van der Waals surface area contributed by atoms with E-state index in [0.717, 1.165) is 34.3 Å². The number of hydrogen-bond acceptors (Lipinski definition) is 4. The molecule has 0 unspecified atom stereocenters. The van der Waals surface area contributed by atoms with Crippen molar-refractivity contribution < 1.29 is 9.53 Å². The molecule has 2 aromatic heterocycles. The van der Waals surface area contributed by atoms with Crippen LogP contribution in [0.5, 0.6) is 5.75 Å². The predicted molar refractivity (Wildman–Crippen MR) is 87.4 cm³/mol. The zero-order valence-corrected chi connectivity index (χ0v) is 12.9. The number of nitrogens with zero attached hydrogens (tertiary/aromatic N) is 2. The van der Waals surface area contributed by atoms with Crippen molar-refractivity contribution >= 4 is 40.2 Å². The van der Waals surface area contributed by atoms with E-state index < -0.39 is 0 Å². The van der Waals surface area contributed by atoms with Gasteiger partial charge < -0.3 is 14.6 Å². The van der Waals surface area contributed by atoms with Gasteiger partial charge in [0.25, 0.3) is 0 Å². The van der Waals surface area contributed by atoms with Crippen LogP contribution in [0.2, 0.25) is 5.15 Å². The summed E-state index contributed by atoms with van der Waals surface area (Å²) < 4.78 is 7.11. The van der Waals surface area contributed by atoms with E-state index in [2.05, 4.69) is 10.3 Å². The molecule has 0 bridgehead atoms. The van der Waals surface area contributed by atoms with Gasteiger partial charge in [0.2, 0.25) is 0 Å². The molecule has 1 N–H and O–H groups in total. The lowest BCUT2D eigenvalue weighted by Gasteiger charge is -2.06. The normalized spacial score (nSPS) is 10.7. The van der Waals surface area contributed by atoms with E-state index in [4.69, 9.17) is 16.3 Å². The summed E-state index contributed by atoms with van der Waals surface area (Å²) in [4.78, 5) is 15.5. The molecule has 2 heterocycles. The highest BCUT2D eigenvalue weighted by atomic mass is 35.5. The maximum atomic E-state index is 11.5. The number of pyridine rings is 1. The first-order chi connectivity index (χ1) is 10.6. The minimum atomic E-state index is 0.417. The lowest BCUT2D eigenvalue weighted by atomic mass is 10.2. The molecule has 3 rings (SSSR count). The largest absolute Gasteiger partial charge is 0.497 e. The molecule has 0 amide bonds. The summed E-state index contributed by atoms with van der Waals surface area (Å²) in [6, 6.07) is 9.18. The van der Waals surface area contributed by atoms with Crippen LogP contribution in [0, 0.1) is 0 Å². The Labute approximate surface area is 132 Å². The van der Waals surface area contributed by atoms with Gasteiger partial charge in [0, 0.05) is 12.4 Å². The average Bonchev–Trinajstić information content (AvgIpc) is 2.81. The molecule has 0 aliphatic carbocycles. The van der Waals surface area contributed by atoms with E-state index in [0.29, 0.717) is 10.8 Å². The first kappa shape index (κ1) is 14.4. The Morgan fingerprint density at radius 3 is 2.77 bits per heavy atom. The van der Waals surface area contributed by atoms with Crippen LogP contribution < -0.4 is 10.1 Å². The summed E-state index contributed by atoms with van der Waals surface area (Å²) in [5.74, 6) is 0.729. The van der Waals surface area contributed by atoms with Crippen molar-refractivity contribution in [3.8, 4) is 5.75 Å². The number of benzene rings is 1. The number of ether oxygens (including phenoxy) is 1. The Morgan fingerprint density at radius 2 is 2.14 bits per heavy atom. The Bertz CT molecular complexity index is 841. The molecule has 112 valence electrons. The molecule has 0 aliphatic heterocycles. The number of anilines is 2. The number of nitrogens with one attached hydrogen (secondary N) is 1. The number of aromatic nitrogens is 2. The number of aldehydes is 1. The van der Waals surface area contributed by atoms with Crippen molar-refractivity contribution in [1.82, 2.24) is 9.55 Å². The smallest absolute Gasteiger partial charge is 0.168 e. The SMILES string of the molecule is COc1ccc2c(c1)c(Nc1ccc(Cl)nc1)c(C=O)n2C. The molecule has 3 aromatic rings. The second kappa shape index (κ2) is 5.69. The van der Waals surface area contributed by atoms with Gasteiger partial charge in [-0.05, 0) is 30.3 Å². The van der Waals surface area contributed by atoms with Crippen molar-refractivity contribution in [2.45, 2.75) is 0 Å². The topological polar surface area (TPSA) is 56.1 Å². The number of halogens is 1. The highest BCUT2D eigenvalue weighted by molar-refractivity contribution is 6.29. The summed E-state index contributed by atoms with van der Waals surface area (Å²) >= 11 is 5.80. The molecule has 5 nitrogen and oxygen atoms in total. The molecule has 0 fully saturated rings. The molecule has 0 radical (unpaired) electrons. The number of hydrogen-bond donors (Lipinski definition) is 1. The van der Waals surface area contributed by atoms with Crippen molar-refractivity contribution in [1.29, 1.82) is 0 Å². The van der Waals surface area contributed by atoms with Gasteiger partial charge in [-0.15, -0.1) is 0 Å². The Morgan fingerprint density at radius 1 is 1.32 bits per heavy atom. The zero-order valence-electron chi connectivity index (χ0n) is 12.1. The van der Waals surface area contributed by atoms with E-state index in [1.54, 1.807) is 19.4 Å². The number of aryl methyl sites for hydroxylation is 1. The molecule has 0 spiro atoms. The zero-order chi connectivity index (χ0) is 15.7. The Hall–Kier alpha value is -2.53. The third-order valence-corrected chi connectivity index (χ3v) is 3.78. The van der Waals surface area contributed by atoms with Crippen molar-refractivity contribution in [2.24, 2.45) is 7.05 Å². The number of carbonyl (C=O) groups is 1. The second-order valence-electron chi connectivity index (χ2n) is 4.81. The Balaban J connectivity index is 2.17. The lowest BCUT2D eigenvalue weighted by molar-refractivity contribution is 0.111. The number of rotatable bonds is 4. The highest BCUT2D eigenvalue weighted by Gasteiger charge is 2.15. The van der Waals surface area contributed by atoms with Crippen molar-refractivity contribution in [3.05, 3.63) is 47.4 Å². The first-order valence-electron chi connectivity index (χ1n) is 6.64. The van der Waals surface area contributed by atoms with Crippen LogP contribution in [0.1, 0.15) is 10.5 Å². The van der Waals surface area contributed by atoms with E-state index in [-0.39, 0.29) is 0 Å². The molecular formula is C16H14ClN3O2. The van der Waals surface area contributed by atoms with Gasteiger partial charge in [-0.3, -0.25) is 4.79 Å². The van der Waals surface area contributed by atoms with Gasteiger partial charge in [-0.25, -0.2) is 4.98 Å². The van der Waals surface area contributed by atoms with Gasteiger partial charge >= 0.3 is 0 Å². The average molecular weight is 316 g/mol. The second-order valence-corrected chi connectivity index (χ2v) is 5.20. The van der Waals surface area contributed by atoms with Crippen LogP contribution in [0.25, 0.3) is 10.9 Å². The maximum absolute atomic E-state index is 11.5. The summed E-state index contributed by atoms with van der Waals surface area (Å²) in [7, 11) is 3.46. The van der Waals surface area contributed by atoms with Crippen molar-refractivity contribution in [2.75, 3.05) is 12.4 Å². The standard InChI is InChI=1S/C16H14ClN3O2/c1-20-13-5-4-11(22-2)7-12(13)16(14(20)9-21)19-10-3-6-15(17)18-8-10/h3-9,19H,1-2H3. The fourth-order valence-corrected chi connectivity index (χ4v) is 2.55. The van der Waals surface area contributed by atoms with Gasteiger partial charge in [0.15, 0.2) is 6.29 Å². The summed E-state index contributed by atoms with van der Waals surface area (Å²) in [6.07, 6.45) is 2.45. The Kier molecular flexibility index (Phi) is 3.73. The van der Waals surface area contributed by atoms with Crippen LogP contribution in [0.4, 0.5) is 11.4 Å². The number of fused-ring (bicyclic) bond motifs is 1. The molecule has 22 heavy (non-hydrogen) atoms. The first-order valence-corrected chi connectivity index (χ1v) is 7.02. The van der Waals surface area contributed by atoms with Crippen LogP contribution in [-0.4, -0.2) is 22.9 Å². The monoisotopic (exact) mass is 315 g/mol. The van der Waals surface area contributed by atoms with Crippen LogP contribution in [-0.2, 0) is 7.05 Å². The number of carbonyl (C=O) groups excluding carboxylic acids is 1. The predicted octanol–water partition coefficient (Wildman–Crippen LogP) is 3.79. The molecule has 1 aromatic carbocycles. The quantitative estimate of drug-likeness (QED) is 0.588. The van der Waals surface area contributed by atoms with E-state index in [1.165, 1.54) is 0 Å². The molecule has 0 saturated heterocycles. The molecular weight excluding hydrogens is 302 g/mol. The summed E-state index contributed by atoms with van der Waals surface area (Å²) in [5, 5.41) is 4.56. The van der Waals surface area contributed by atoms with E-state index in [9.17, 15) is 4.79 Å². The van der Waals surface area contributed by atoms with Crippen LogP contribution >= 0.6 is 11.6 Å². The van der Waals surface area contributed by atoms with Gasteiger partial charge in [0.05, 0.1) is 30.2 Å².